The average Bonchev–Trinajstić information content (AvgIpc) is 3.36. The number of benzene rings is 1. The molecule has 3 fully saturated rings. The van der Waals surface area contributed by atoms with Crippen molar-refractivity contribution in [2.45, 2.75) is 62.3 Å². The van der Waals surface area contributed by atoms with Crippen molar-refractivity contribution >= 4 is 22.8 Å². The van der Waals surface area contributed by atoms with E-state index in [1.165, 1.54) is 6.26 Å². The highest BCUT2D eigenvalue weighted by Crippen LogP contribution is 2.49. The van der Waals surface area contributed by atoms with Gasteiger partial charge in [-0.2, -0.15) is 13.2 Å². The summed E-state index contributed by atoms with van der Waals surface area (Å²) in [6, 6.07) is 7.70. The molecule has 0 unspecified atom stereocenters. The van der Waals surface area contributed by atoms with Gasteiger partial charge in [-0.25, -0.2) is 0 Å². The van der Waals surface area contributed by atoms with Crippen LogP contribution in [0.4, 0.5) is 13.2 Å². The van der Waals surface area contributed by atoms with Crippen LogP contribution in [0.1, 0.15) is 48.9 Å². The van der Waals surface area contributed by atoms with Gasteiger partial charge in [-0.05, 0) is 50.5 Å². The average molecular weight is 449 g/mol. The van der Waals surface area contributed by atoms with Gasteiger partial charge in [0, 0.05) is 24.0 Å². The van der Waals surface area contributed by atoms with E-state index in [0.717, 1.165) is 31.1 Å². The molecule has 3 aliphatic rings. The smallest absolute Gasteiger partial charge is 0.411 e. The van der Waals surface area contributed by atoms with Gasteiger partial charge in [-0.1, -0.05) is 18.2 Å². The van der Waals surface area contributed by atoms with E-state index >= 15 is 0 Å². The van der Waals surface area contributed by atoms with Crippen LogP contribution in [0.15, 0.2) is 34.9 Å². The fraction of sp³-hybridized carbons (Fsp3) is 0.565. The van der Waals surface area contributed by atoms with E-state index in [4.69, 9.17) is 4.42 Å². The first kappa shape index (κ1) is 21.3. The Labute approximate surface area is 183 Å². The molecule has 2 aromatic rings. The van der Waals surface area contributed by atoms with Crippen LogP contribution in [0.5, 0.6) is 0 Å². The molecule has 0 radical (unpaired) electrons. The van der Waals surface area contributed by atoms with Gasteiger partial charge in [-0.15, -0.1) is 0 Å². The number of para-hydroxylation sites is 1. The number of amides is 2. The first-order valence-corrected chi connectivity index (χ1v) is 11.1. The number of carbonyl (C=O) groups is 2. The van der Waals surface area contributed by atoms with Crippen LogP contribution in [0, 0.1) is 5.92 Å². The standard InChI is InChI=1S/C23H26F3N3O3/c24-23(25,26)22(7-8-22)28-20(30)12-29-15-5-6-16(29)10-14(9-15)11-27-21(31)18-13-32-19-4-2-1-3-17(18)19/h1-4,13-16H,5-12H2,(H,27,31)(H,28,30)/t14-,15-,16+. The van der Waals surface area contributed by atoms with E-state index in [-0.39, 0.29) is 43.3 Å². The number of piperidine rings is 1. The molecular formula is C23H26F3N3O3. The van der Waals surface area contributed by atoms with Gasteiger partial charge in [0.2, 0.25) is 5.91 Å². The van der Waals surface area contributed by atoms with Crippen molar-refractivity contribution in [1.29, 1.82) is 0 Å². The number of halogens is 3. The lowest BCUT2D eigenvalue weighted by Crippen LogP contribution is -2.54. The van der Waals surface area contributed by atoms with Crippen molar-refractivity contribution in [2.75, 3.05) is 13.1 Å². The second-order valence-electron chi connectivity index (χ2n) is 9.38. The van der Waals surface area contributed by atoms with E-state index in [1.54, 1.807) is 0 Å². The molecule has 172 valence electrons. The highest BCUT2D eigenvalue weighted by Gasteiger charge is 2.64. The number of hydrogen-bond acceptors (Lipinski definition) is 4. The predicted octanol–water partition coefficient (Wildman–Crippen LogP) is 3.62. The molecule has 1 saturated carbocycles. The third-order valence-corrected chi connectivity index (χ3v) is 7.26. The summed E-state index contributed by atoms with van der Waals surface area (Å²) in [6.07, 6.45) is 0.497. The molecule has 5 rings (SSSR count). The van der Waals surface area contributed by atoms with E-state index in [1.807, 2.05) is 24.3 Å². The summed E-state index contributed by atoms with van der Waals surface area (Å²) < 4.78 is 44.8. The lowest BCUT2D eigenvalue weighted by Gasteiger charge is -2.38. The molecule has 2 saturated heterocycles. The van der Waals surface area contributed by atoms with Crippen LogP contribution in [0.2, 0.25) is 0 Å². The largest absolute Gasteiger partial charge is 0.463 e. The van der Waals surface area contributed by atoms with Crippen molar-refractivity contribution in [2.24, 2.45) is 5.92 Å². The van der Waals surface area contributed by atoms with Crippen molar-refractivity contribution < 1.29 is 27.2 Å². The Morgan fingerprint density at radius 3 is 2.47 bits per heavy atom. The number of furan rings is 1. The lowest BCUT2D eigenvalue weighted by molar-refractivity contribution is -0.170. The molecule has 1 aliphatic carbocycles. The lowest BCUT2D eigenvalue weighted by atomic mass is 9.90. The molecule has 2 amide bonds. The fourth-order valence-corrected chi connectivity index (χ4v) is 5.37. The zero-order valence-corrected chi connectivity index (χ0v) is 17.6. The van der Waals surface area contributed by atoms with Crippen LogP contribution in [0.3, 0.4) is 0 Å². The summed E-state index contributed by atoms with van der Waals surface area (Å²) in [5.41, 5.74) is -0.833. The fourth-order valence-electron chi connectivity index (χ4n) is 5.37. The molecule has 3 heterocycles. The third-order valence-electron chi connectivity index (χ3n) is 7.26. The number of alkyl halides is 3. The first-order valence-electron chi connectivity index (χ1n) is 11.1. The second-order valence-corrected chi connectivity index (χ2v) is 9.38. The molecule has 32 heavy (non-hydrogen) atoms. The second kappa shape index (κ2) is 7.79. The monoisotopic (exact) mass is 449 g/mol. The van der Waals surface area contributed by atoms with Crippen LogP contribution in [0.25, 0.3) is 11.0 Å². The third kappa shape index (κ3) is 3.87. The maximum atomic E-state index is 13.1. The molecule has 2 bridgehead atoms. The van der Waals surface area contributed by atoms with E-state index in [2.05, 4.69) is 15.5 Å². The first-order chi connectivity index (χ1) is 15.3. The number of carbonyl (C=O) groups excluding carboxylic acids is 2. The quantitative estimate of drug-likeness (QED) is 0.707. The summed E-state index contributed by atoms with van der Waals surface area (Å²) in [4.78, 5) is 27.1. The Hall–Kier alpha value is -2.55. The van der Waals surface area contributed by atoms with Gasteiger partial charge < -0.3 is 15.1 Å². The Balaban J connectivity index is 1.14. The van der Waals surface area contributed by atoms with Crippen molar-refractivity contribution in [1.82, 2.24) is 15.5 Å². The zero-order valence-electron chi connectivity index (χ0n) is 17.6. The highest BCUT2D eigenvalue weighted by atomic mass is 19.4. The molecule has 9 heteroatoms. The van der Waals surface area contributed by atoms with Gasteiger partial charge in [0.1, 0.15) is 17.4 Å². The van der Waals surface area contributed by atoms with Gasteiger partial charge in [-0.3, -0.25) is 14.5 Å². The predicted molar refractivity (Wildman–Crippen MR) is 111 cm³/mol. The number of nitrogens with one attached hydrogen (secondary N) is 2. The Kier molecular flexibility index (Phi) is 5.19. The molecular weight excluding hydrogens is 423 g/mol. The van der Waals surface area contributed by atoms with Crippen LogP contribution >= 0.6 is 0 Å². The van der Waals surface area contributed by atoms with E-state index < -0.39 is 17.6 Å². The molecule has 6 nitrogen and oxygen atoms in total. The van der Waals surface area contributed by atoms with Crippen molar-refractivity contribution in [3.63, 3.8) is 0 Å². The van der Waals surface area contributed by atoms with E-state index in [9.17, 15) is 22.8 Å². The highest BCUT2D eigenvalue weighted by molar-refractivity contribution is 6.05. The maximum Gasteiger partial charge on any atom is 0.411 e. The maximum absolute atomic E-state index is 13.1. The summed E-state index contributed by atoms with van der Waals surface area (Å²) in [6.45, 7) is 0.538. The van der Waals surface area contributed by atoms with Crippen LogP contribution in [-0.4, -0.2) is 53.6 Å². The van der Waals surface area contributed by atoms with Gasteiger partial charge in [0.25, 0.3) is 5.91 Å². The number of rotatable bonds is 6. The molecule has 0 spiro atoms. The molecule has 1 aromatic heterocycles. The topological polar surface area (TPSA) is 74.6 Å². The number of hydrogen-bond donors (Lipinski definition) is 2. The van der Waals surface area contributed by atoms with Gasteiger partial charge in [0.15, 0.2) is 0 Å². The van der Waals surface area contributed by atoms with E-state index in [0.29, 0.717) is 17.7 Å². The Morgan fingerprint density at radius 1 is 1.12 bits per heavy atom. The number of nitrogens with zero attached hydrogens (tertiary/aromatic N) is 1. The van der Waals surface area contributed by atoms with Gasteiger partial charge in [0.05, 0.1) is 12.1 Å². The zero-order chi connectivity index (χ0) is 22.5. The van der Waals surface area contributed by atoms with Gasteiger partial charge >= 0.3 is 6.18 Å². The Morgan fingerprint density at radius 2 is 1.81 bits per heavy atom. The van der Waals surface area contributed by atoms with Crippen LogP contribution in [-0.2, 0) is 4.79 Å². The van der Waals surface area contributed by atoms with Crippen molar-refractivity contribution in [3.8, 4) is 0 Å². The molecule has 3 atom stereocenters. The minimum atomic E-state index is -4.40. The normalized spacial score (nSPS) is 26.8. The minimum Gasteiger partial charge on any atom is -0.463 e. The Bertz CT molecular complexity index is 1020. The molecule has 2 N–H and O–H groups in total. The van der Waals surface area contributed by atoms with Crippen molar-refractivity contribution in [3.05, 3.63) is 36.1 Å². The summed E-state index contributed by atoms with van der Waals surface area (Å²) in [5, 5.41) is 6.02. The summed E-state index contributed by atoms with van der Waals surface area (Å²) in [7, 11) is 0. The molecule has 2 aliphatic heterocycles. The SMILES string of the molecule is O=C(CN1[C@@H]2CC[C@H]1C[C@H](CNC(=O)c1coc3ccccc13)C2)NC1(C(F)(F)F)CC1. The minimum absolute atomic E-state index is 0.00719. The molecule has 1 aromatic carbocycles. The summed E-state index contributed by atoms with van der Waals surface area (Å²) >= 11 is 0. The van der Waals surface area contributed by atoms with Crippen LogP contribution < -0.4 is 10.6 Å². The number of fused-ring (bicyclic) bond motifs is 3. The summed E-state index contributed by atoms with van der Waals surface area (Å²) in [5.74, 6) is -0.444.